The maximum Gasteiger partial charge on any atom is 0.264 e. The molecule has 1 N–H and O–H groups in total. The van der Waals surface area contributed by atoms with E-state index in [1.165, 1.54) is 29.2 Å². The minimum atomic E-state index is -4.17. The van der Waals surface area contributed by atoms with Gasteiger partial charge in [0.2, 0.25) is 11.8 Å². The molecule has 3 aromatic carbocycles. The average Bonchev–Trinajstić information content (AvgIpc) is 2.84. The molecule has 3 aromatic rings. The molecular weight excluding hydrogens is 557 g/mol. The number of rotatable bonds is 9. The Hall–Kier alpha value is -3.07. The number of hydrogen-bond donors (Lipinski definition) is 1. The largest absolute Gasteiger partial charge is 0.350 e. The fourth-order valence-corrected chi connectivity index (χ4v) is 5.68. The summed E-state index contributed by atoms with van der Waals surface area (Å²) in [4.78, 5) is 28.4. The number of nitrogens with zero attached hydrogens (tertiary/aromatic N) is 2. The van der Waals surface area contributed by atoms with Gasteiger partial charge in [0.25, 0.3) is 10.0 Å². The third kappa shape index (κ3) is 8.21. The normalized spacial score (nSPS) is 12.5. The number of sulfonamides is 1. The van der Waals surface area contributed by atoms with Crippen LogP contribution >= 0.6 is 23.2 Å². The van der Waals surface area contributed by atoms with Crippen molar-refractivity contribution in [3.8, 4) is 0 Å². The molecular formula is C29H33Cl2N3O4S. The van der Waals surface area contributed by atoms with Crippen LogP contribution in [0.4, 0.5) is 5.69 Å². The summed E-state index contributed by atoms with van der Waals surface area (Å²) in [6.45, 7) is 8.52. The lowest BCUT2D eigenvalue weighted by Crippen LogP contribution is -2.54. The first-order chi connectivity index (χ1) is 18.2. The van der Waals surface area contributed by atoms with Crippen LogP contribution in [0.2, 0.25) is 10.0 Å². The van der Waals surface area contributed by atoms with Crippen LogP contribution in [0.25, 0.3) is 0 Å². The third-order valence-corrected chi connectivity index (χ3v) is 8.15. The van der Waals surface area contributed by atoms with Crippen molar-refractivity contribution in [1.82, 2.24) is 10.2 Å². The van der Waals surface area contributed by atoms with Gasteiger partial charge in [0.15, 0.2) is 0 Å². The molecule has 0 saturated heterocycles. The van der Waals surface area contributed by atoms with Gasteiger partial charge in [-0.1, -0.05) is 47.5 Å². The van der Waals surface area contributed by atoms with E-state index in [4.69, 9.17) is 23.2 Å². The van der Waals surface area contributed by atoms with Gasteiger partial charge in [0.1, 0.15) is 12.6 Å². The van der Waals surface area contributed by atoms with Gasteiger partial charge in [-0.2, -0.15) is 0 Å². The van der Waals surface area contributed by atoms with Gasteiger partial charge in [-0.05, 0) is 94.3 Å². The lowest BCUT2D eigenvalue weighted by atomic mass is 10.1. The molecule has 7 nitrogen and oxygen atoms in total. The van der Waals surface area contributed by atoms with Crippen molar-refractivity contribution in [2.24, 2.45) is 0 Å². The zero-order chi connectivity index (χ0) is 29.0. The van der Waals surface area contributed by atoms with Gasteiger partial charge in [0.05, 0.1) is 10.6 Å². The second kappa shape index (κ2) is 12.4. The van der Waals surface area contributed by atoms with Crippen LogP contribution < -0.4 is 9.62 Å². The van der Waals surface area contributed by atoms with E-state index in [9.17, 15) is 18.0 Å². The van der Waals surface area contributed by atoms with E-state index in [0.717, 1.165) is 9.87 Å². The van der Waals surface area contributed by atoms with Gasteiger partial charge in [-0.3, -0.25) is 13.9 Å². The second-order valence-corrected chi connectivity index (χ2v) is 13.1. The Balaban J connectivity index is 2.04. The van der Waals surface area contributed by atoms with Crippen LogP contribution in [0, 0.1) is 6.92 Å². The minimum absolute atomic E-state index is 0.0129. The van der Waals surface area contributed by atoms with Crippen molar-refractivity contribution in [2.45, 2.75) is 57.6 Å². The third-order valence-electron chi connectivity index (χ3n) is 5.88. The lowest BCUT2D eigenvalue weighted by Gasteiger charge is -2.33. The Labute approximate surface area is 240 Å². The molecule has 0 aliphatic heterocycles. The molecule has 2 amide bonds. The molecule has 0 radical (unpaired) electrons. The molecule has 0 aromatic heterocycles. The van der Waals surface area contributed by atoms with Gasteiger partial charge >= 0.3 is 0 Å². The summed E-state index contributed by atoms with van der Waals surface area (Å²) in [5.74, 6) is -0.911. The highest BCUT2D eigenvalue weighted by molar-refractivity contribution is 7.92. The molecule has 0 saturated carbocycles. The van der Waals surface area contributed by atoms with Gasteiger partial charge in [-0.25, -0.2) is 8.42 Å². The summed E-state index contributed by atoms with van der Waals surface area (Å²) < 4.78 is 28.7. The zero-order valence-corrected chi connectivity index (χ0v) is 24.9. The zero-order valence-electron chi connectivity index (χ0n) is 22.6. The molecule has 0 aliphatic rings. The summed E-state index contributed by atoms with van der Waals surface area (Å²) in [5.41, 5.74) is 1.33. The SMILES string of the molecule is Cc1cccc(N(CC(=O)N(Cc2cccc(Cl)c2)[C@@H](C)C(=O)NC(C)(C)C)S(=O)(=O)c2ccc(Cl)cc2)c1. The summed E-state index contributed by atoms with van der Waals surface area (Å²) >= 11 is 12.2. The summed E-state index contributed by atoms with van der Waals surface area (Å²) in [6.07, 6.45) is 0. The standard InChI is InChI=1S/C29H33Cl2N3O4S/c1-20-8-6-11-25(16-20)34(39(37,38)26-14-12-23(30)13-15-26)19-27(35)33(18-22-9-7-10-24(31)17-22)21(2)28(36)32-29(3,4)5/h6-17,21H,18-19H2,1-5H3,(H,32,36)/t21-/m0/s1. The predicted octanol–water partition coefficient (Wildman–Crippen LogP) is 5.83. The summed E-state index contributed by atoms with van der Waals surface area (Å²) in [5, 5.41) is 3.77. The van der Waals surface area contributed by atoms with E-state index in [0.29, 0.717) is 21.3 Å². The quantitative estimate of drug-likeness (QED) is 0.340. The van der Waals surface area contributed by atoms with Crippen molar-refractivity contribution in [3.63, 3.8) is 0 Å². The number of carbonyl (C=O) groups excluding carboxylic acids is 2. The van der Waals surface area contributed by atoms with Crippen LogP contribution in [-0.2, 0) is 26.2 Å². The van der Waals surface area contributed by atoms with Gasteiger partial charge < -0.3 is 10.2 Å². The van der Waals surface area contributed by atoms with Crippen LogP contribution in [0.1, 0.15) is 38.8 Å². The number of anilines is 1. The summed E-state index contributed by atoms with van der Waals surface area (Å²) in [6, 6.07) is 18.7. The fourth-order valence-electron chi connectivity index (χ4n) is 3.93. The predicted molar refractivity (Wildman–Crippen MR) is 157 cm³/mol. The maximum absolute atomic E-state index is 13.9. The monoisotopic (exact) mass is 589 g/mol. The van der Waals surface area contributed by atoms with Crippen LogP contribution in [0.5, 0.6) is 0 Å². The molecule has 0 unspecified atom stereocenters. The highest BCUT2D eigenvalue weighted by Crippen LogP contribution is 2.26. The van der Waals surface area contributed by atoms with Crippen molar-refractivity contribution < 1.29 is 18.0 Å². The Kier molecular flexibility index (Phi) is 9.69. The number of hydrogen-bond acceptors (Lipinski definition) is 4. The second-order valence-electron chi connectivity index (χ2n) is 10.4. The van der Waals surface area contributed by atoms with Crippen molar-refractivity contribution in [3.05, 3.63) is 94.0 Å². The van der Waals surface area contributed by atoms with E-state index in [1.807, 2.05) is 33.8 Å². The Morgan fingerprint density at radius 1 is 0.923 bits per heavy atom. The van der Waals surface area contributed by atoms with Gasteiger partial charge in [0, 0.05) is 22.1 Å². The highest BCUT2D eigenvalue weighted by Gasteiger charge is 2.33. The molecule has 39 heavy (non-hydrogen) atoms. The molecule has 0 fully saturated rings. The molecule has 1 atom stereocenters. The molecule has 0 bridgehead atoms. The molecule has 0 aliphatic carbocycles. The van der Waals surface area contributed by atoms with E-state index < -0.39 is 34.1 Å². The smallest absolute Gasteiger partial charge is 0.264 e. The Morgan fingerprint density at radius 3 is 2.15 bits per heavy atom. The molecule has 3 rings (SSSR count). The highest BCUT2D eigenvalue weighted by atomic mass is 35.5. The Morgan fingerprint density at radius 2 is 1.56 bits per heavy atom. The number of nitrogens with one attached hydrogen (secondary N) is 1. The molecule has 10 heteroatoms. The first-order valence-corrected chi connectivity index (χ1v) is 14.6. The van der Waals surface area contributed by atoms with Crippen molar-refractivity contribution in [1.29, 1.82) is 0 Å². The lowest BCUT2D eigenvalue weighted by molar-refractivity contribution is -0.140. The van der Waals surface area contributed by atoms with Crippen LogP contribution in [0.15, 0.2) is 77.7 Å². The first-order valence-electron chi connectivity index (χ1n) is 12.4. The number of aryl methyl sites for hydroxylation is 1. The first kappa shape index (κ1) is 30.5. The molecule has 0 heterocycles. The Bertz CT molecular complexity index is 1440. The summed E-state index contributed by atoms with van der Waals surface area (Å²) in [7, 11) is -4.17. The number of benzene rings is 3. The van der Waals surface area contributed by atoms with E-state index in [-0.39, 0.29) is 17.3 Å². The van der Waals surface area contributed by atoms with Crippen molar-refractivity contribution in [2.75, 3.05) is 10.8 Å². The number of halogens is 2. The minimum Gasteiger partial charge on any atom is -0.350 e. The van der Waals surface area contributed by atoms with Crippen LogP contribution in [-0.4, -0.2) is 43.3 Å². The maximum atomic E-state index is 13.9. The van der Waals surface area contributed by atoms with E-state index >= 15 is 0 Å². The molecule has 0 spiro atoms. The molecule has 208 valence electrons. The van der Waals surface area contributed by atoms with E-state index in [2.05, 4.69) is 5.32 Å². The number of amides is 2. The van der Waals surface area contributed by atoms with E-state index in [1.54, 1.807) is 49.4 Å². The fraction of sp³-hybridized carbons (Fsp3) is 0.310. The number of carbonyl (C=O) groups is 2. The topological polar surface area (TPSA) is 86.8 Å². The van der Waals surface area contributed by atoms with Crippen molar-refractivity contribution >= 4 is 50.7 Å². The van der Waals surface area contributed by atoms with Crippen LogP contribution in [0.3, 0.4) is 0 Å². The average molecular weight is 591 g/mol. The van der Waals surface area contributed by atoms with Gasteiger partial charge in [-0.15, -0.1) is 0 Å².